The summed E-state index contributed by atoms with van der Waals surface area (Å²) in [7, 11) is 0. The van der Waals surface area contributed by atoms with Crippen molar-refractivity contribution >= 4 is 17.2 Å². The number of phenols is 1. The quantitative estimate of drug-likeness (QED) is 0.671. The molecule has 28 heavy (non-hydrogen) atoms. The van der Waals surface area contributed by atoms with Crippen molar-refractivity contribution in [1.29, 1.82) is 0 Å². The fourth-order valence-corrected chi connectivity index (χ4v) is 3.94. The topological polar surface area (TPSA) is 41.3 Å². The predicted octanol–water partition coefficient (Wildman–Crippen LogP) is 4.89. The van der Waals surface area contributed by atoms with Crippen LogP contribution < -0.4 is 0 Å². The Morgan fingerprint density at radius 1 is 1.04 bits per heavy atom. The number of phenolic OH excluding ortho intramolecular Hbond substituents is 1. The number of rotatable bonds is 5. The zero-order valence-corrected chi connectivity index (χ0v) is 16.7. The van der Waals surface area contributed by atoms with Gasteiger partial charge in [-0.05, 0) is 42.2 Å². The second kappa shape index (κ2) is 8.21. The van der Waals surface area contributed by atoms with Crippen LogP contribution in [0.4, 0.5) is 0 Å². The molecule has 3 aromatic rings. The van der Waals surface area contributed by atoms with Crippen molar-refractivity contribution in [3.05, 3.63) is 88.2 Å². The summed E-state index contributed by atoms with van der Waals surface area (Å²) in [6, 6.07) is 17.7. The molecule has 4 nitrogen and oxygen atoms in total. The minimum Gasteiger partial charge on any atom is -0.508 e. The van der Waals surface area contributed by atoms with E-state index in [-0.39, 0.29) is 0 Å². The van der Waals surface area contributed by atoms with E-state index in [0.717, 1.165) is 42.5 Å². The van der Waals surface area contributed by atoms with Crippen LogP contribution in [0.25, 0.3) is 5.57 Å². The van der Waals surface area contributed by atoms with Crippen molar-refractivity contribution in [3.8, 4) is 5.75 Å². The first kappa shape index (κ1) is 18.8. The maximum absolute atomic E-state index is 9.46. The average Bonchev–Trinajstić information content (AvgIpc) is 2.97. The Balaban J connectivity index is 1.44. The number of halogens is 1. The summed E-state index contributed by atoms with van der Waals surface area (Å²) in [5.74, 6) is 0.305. The van der Waals surface area contributed by atoms with Crippen molar-refractivity contribution in [3.63, 3.8) is 0 Å². The van der Waals surface area contributed by atoms with Gasteiger partial charge in [0.15, 0.2) is 0 Å². The molecule has 1 N–H and O–H groups in total. The molecule has 0 bridgehead atoms. The van der Waals surface area contributed by atoms with Crippen LogP contribution in [-0.2, 0) is 13.1 Å². The highest BCUT2D eigenvalue weighted by Gasteiger charge is 2.19. The molecule has 2 aromatic carbocycles. The van der Waals surface area contributed by atoms with Gasteiger partial charge in [0.05, 0.1) is 12.2 Å². The molecule has 0 spiro atoms. The van der Waals surface area contributed by atoms with Gasteiger partial charge in [-0.25, -0.2) is 4.68 Å². The Kier molecular flexibility index (Phi) is 5.51. The van der Waals surface area contributed by atoms with Crippen molar-refractivity contribution in [2.45, 2.75) is 26.4 Å². The van der Waals surface area contributed by atoms with E-state index in [0.29, 0.717) is 12.3 Å². The highest BCUT2D eigenvalue weighted by molar-refractivity contribution is 6.30. The summed E-state index contributed by atoms with van der Waals surface area (Å²) in [4.78, 5) is 2.40. The van der Waals surface area contributed by atoms with E-state index in [1.54, 1.807) is 12.1 Å². The normalized spacial score (nSPS) is 14.9. The smallest absolute Gasteiger partial charge is 0.132 e. The van der Waals surface area contributed by atoms with Gasteiger partial charge < -0.3 is 5.11 Å². The van der Waals surface area contributed by atoms with Crippen molar-refractivity contribution < 1.29 is 5.11 Å². The van der Waals surface area contributed by atoms with Crippen LogP contribution in [0.5, 0.6) is 5.75 Å². The zero-order chi connectivity index (χ0) is 19.5. The van der Waals surface area contributed by atoms with Gasteiger partial charge in [-0.3, -0.25) is 4.90 Å². The van der Waals surface area contributed by atoms with Gasteiger partial charge >= 0.3 is 0 Å². The maximum Gasteiger partial charge on any atom is 0.132 e. The number of hydrogen-bond donors (Lipinski definition) is 1. The first-order chi connectivity index (χ1) is 13.6. The van der Waals surface area contributed by atoms with Gasteiger partial charge in [-0.2, -0.15) is 5.10 Å². The lowest BCUT2D eigenvalue weighted by Gasteiger charge is -2.26. The largest absolute Gasteiger partial charge is 0.508 e. The van der Waals surface area contributed by atoms with E-state index in [4.69, 9.17) is 11.6 Å². The van der Waals surface area contributed by atoms with Gasteiger partial charge in [0, 0.05) is 25.2 Å². The fourth-order valence-electron chi connectivity index (χ4n) is 3.65. The van der Waals surface area contributed by atoms with Gasteiger partial charge in [0.2, 0.25) is 0 Å². The van der Waals surface area contributed by atoms with Crippen LogP contribution in [0, 0.1) is 6.92 Å². The van der Waals surface area contributed by atoms with E-state index in [1.807, 2.05) is 41.9 Å². The molecule has 0 amide bonds. The summed E-state index contributed by atoms with van der Waals surface area (Å²) in [6.45, 7) is 5.39. The van der Waals surface area contributed by atoms with Gasteiger partial charge in [0.1, 0.15) is 10.9 Å². The van der Waals surface area contributed by atoms with Crippen molar-refractivity contribution in [2.24, 2.45) is 0 Å². The van der Waals surface area contributed by atoms with Gasteiger partial charge in [-0.1, -0.05) is 60.1 Å². The zero-order valence-electron chi connectivity index (χ0n) is 16.0. The van der Waals surface area contributed by atoms with Gasteiger partial charge in [0.25, 0.3) is 0 Å². The number of hydrogen-bond acceptors (Lipinski definition) is 3. The van der Waals surface area contributed by atoms with Crippen molar-refractivity contribution in [2.75, 3.05) is 13.1 Å². The molecule has 0 unspecified atom stereocenters. The minimum absolute atomic E-state index is 0.305. The lowest BCUT2D eigenvalue weighted by molar-refractivity contribution is 0.293. The lowest BCUT2D eigenvalue weighted by atomic mass is 9.99. The van der Waals surface area contributed by atoms with Crippen LogP contribution in [0.2, 0.25) is 5.15 Å². The summed E-state index contributed by atoms with van der Waals surface area (Å²) >= 11 is 6.67. The molecule has 2 heterocycles. The molecule has 0 saturated carbocycles. The monoisotopic (exact) mass is 393 g/mol. The minimum atomic E-state index is 0.305. The number of benzene rings is 2. The summed E-state index contributed by atoms with van der Waals surface area (Å²) in [5.41, 5.74) is 5.81. The predicted molar refractivity (Wildman–Crippen MR) is 113 cm³/mol. The molecular formula is C23H24ClN3O. The standard InChI is InChI=1S/C23H24ClN3O/c1-17-22(23(24)27(25-17)15-18-5-3-2-4-6-18)16-26-13-11-20(12-14-26)19-7-9-21(28)10-8-19/h2-11,28H,12-16H2,1H3. The number of nitrogens with zero attached hydrogens (tertiary/aromatic N) is 3. The lowest BCUT2D eigenvalue weighted by Crippen LogP contribution is -2.28. The van der Waals surface area contributed by atoms with Crippen LogP contribution in [-0.4, -0.2) is 32.9 Å². The van der Waals surface area contributed by atoms with Crippen LogP contribution in [0.1, 0.15) is 28.8 Å². The summed E-state index contributed by atoms with van der Waals surface area (Å²) in [5, 5.41) is 14.9. The molecule has 1 aromatic heterocycles. The highest BCUT2D eigenvalue weighted by atomic mass is 35.5. The number of aromatic hydroxyl groups is 1. The Hall–Kier alpha value is -2.56. The molecule has 5 heteroatoms. The van der Waals surface area contributed by atoms with Crippen LogP contribution in [0.3, 0.4) is 0 Å². The second-order valence-corrected chi connectivity index (χ2v) is 7.62. The van der Waals surface area contributed by atoms with E-state index < -0.39 is 0 Å². The second-order valence-electron chi connectivity index (χ2n) is 7.26. The molecule has 0 saturated heterocycles. The molecule has 144 valence electrons. The molecule has 0 atom stereocenters. The molecular weight excluding hydrogens is 370 g/mol. The molecule has 4 rings (SSSR count). The third-order valence-corrected chi connectivity index (χ3v) is 5.69. The van der Waals surface area contributed by atoms with Gasteiger partial charge in [-0.15, -0.1) is 0 Å². The Morgan fingerprint density at radius 2 is 1.79 bits per heavy atom. The highest BCUT2D eigenvalue weighted by Crippen LogP contribution is 2.27. The Morgan fingerprint density at radius 3 is 2.46 bits per heavy atom. The van der Waals surface area contributed by atoms with Crippen LogP contribution >= 0.6 is 11.6 Å². The number of aryl methyl sites for hydroxylation is 1. The first-order valence-corrected chi connectivity index (χ1v) is 9.94. The molecule has 1 aliphatic rings. The van der Waals surface area contributed by atoms with E-state index in [1.165, 1.54) is 16.7 Å². The third kappa shape index (κ3) is 4.13. The van der Waals surface area contributed by atoms with Crippen LogP contribution in [0.15, 0.2) is 60.7 Å². The molecule has 0 radical (unpaired) electrons. The Labute approximate surface area is 170 Å². The summed E-state index contributed by atoms with van der Waals surface area (Å²) < 4.78 is 1.89. The molecule has 1 aliphatic heterocycles. The van der Waals surface area contributed by atoms with Crippen molar-refractivity contribution in [1.82, 2.24) is 14.7 Å². The van der Waals surface area contributed by atoms with E-state index in [2.05, 4.69) is 28.2 Å². The SMILES string of the molecule is Cc1nn(Cc2ccccc2)c(Cl)c1CN1CC=C(c2ccc(O)cc2)CC1. The average molecular weight is 394 g/mol. The molecule has 0 fully saturated rings. The fraction of sp³-hybridized carbons (Fsp3) is 0.261. The maximum atomic E-state index is 9.46. The number of aromatic nitrogens is 2. The molecule has 0 aliphatic carbocycles. The van der Waals surface area contributed by atoms with E-state index in [9.17, 15) is 5.11 Å². The Bertz CT molecular complexity index is 977. The third-order valence-electron chi connectivity index (χ3n) is 5.27. The summed E-state index contributed by atoms with van der Waals surface area (Å²) in [6.07, 6.45) is 3.26. The van der Waals surface area contributed by atoms with E-state index >= 15 is 0 Å². The first-order valence-electron chi connectivity index (χ1n) is 9.56.